The number of carbonyl (C=O) groups is 1. The maximum absolute atomic E-state index is 13.8. The minimum Gasteiger partial charge on any atom is -0.486 e. The highest BCUT2D eigenvalue weighted by molar-refractivity contribution is 7.92. The first-order valence-corrected chi connectivity index (χ1v) is 13.8. The van der Waals surface area contributed by atoms with Gasteiger partial charge in [0, 0.05) is 18.2 Å². The van der Waals surface area contributed by atoms with Gasteiger partial charge in [0.25, 0.3) is 15.9 Å². The average molecular weight is 609 g/mol. The summed E-state index contributed by atoms with van der Waals surface area (Å²) >= 11 is 6.16. The quantitative estimate of drug-likeness (QED) is 0.254. The summed E-state index contributed by atoms with van der Waals surface area (Å²) in [5.74, 6) is -0.297. The van der Waals surface area contributed by atoms with E-state index in [0.717, 1.165) is 22.5 Å². The third-order valence-corrected chi connectivity index (χ3v) is 8.26. The van der Waals surface area contributed by atoms with Crippen molar-refractivity contribution in [3.63, 3.8) is 0 Å². The number of ether oxygens (including phenoxy) is 2. The fourth-order valence-corrected chi connectivity index (χ4v) is 5.90. The number of rotatable bonds is 7. The molecule has 0 saturated carbocycles. The number of sulfonamides is 1. The van der Waals surface area contributed by atoms with Crippen LogP contribution in [0.2, 0.25) is 5.02 Å². The summed E-state index contributed by atoms with van der Waals surface area (Å²) in [6.07, 6.45) is -4.02. The van der Waals surface area contributed by atoms with Crippen molar-refractivity contribution in [1.29, 1.82) is 0 Å². The van der Waals surface area contributed by atoms with Crippen molar-refractivity contribution in [1.82, 2.24) is 15.1 Å². The lowest BCUT2D eigenvalue weighted by molar-refractivity contribution is -0.141. The number of alkyl halides is 3. The predicted octanol–water partition coefficient (Wildman–Crippen LogP) is 5.38. The van der Waals surface area contributed by atoms with Gasteiger partial charge < -0.3 is 14.0 Å². The van der Waals surface area contributed by atoms with Crippen LogP contribution in [0.25, 0.3) is 23.0 Å². The second kappa shape index (κ2) is 11.0. The Hall–Kier alpha value is -4.17. The number of hydrogen-bond acceptors (Lipinski definition) is 9. The van der Waals surface area contributed by atoms with Crippen molar-refractivity contribution >= 4 is 33.3 Å². The third kappa shape index (κ3) is 5.84. The maximum Gasteiger partial charge on any atom is 0.416 e. The summed E-state index contributed by atoms with van der Waals surface area (Å²) < 4.78 is 84.6. The van der Waals surface area contributed by atoms with E-state index in [-0.39, 0.29) is 53.3 Å². The van der Waals surface area contributed by atoms with Gasteiger partial charge >= 0.3 is 12.1 Å². The van der Waals surface area contributed by atoms with Crippen LogP contribution in [0.15, 0.2) is 70.2 Å². The number of halogens is 4. The molecule has 214 valence electrons. The largest absolute Gasteiger partial charge is 0.486 e. The number of hydrogen-bond donors (Lipinski definition) is 0. The molecule has 2 aromatic heterocycles. The Morgan fingerprint density at radius 3 is 2.71 bits per heavy atom. The Labute approximate surface area is 236 Å². The highest BCUT2D eigenvalue weighted by Crippen LogP contribution is 2.41. The number of pyridine rings is 1. The van der Waals surface area contributed by atoms with Crippen LogP contribution in [0.3, 0.4) is 0 Å². The Balaban J connectivity index is 1.56. The molecule has 10 nitrogen and oxygen atoms in total. The summed E-state index contributed by atoms with van der Waals surface area (Å²) in [6, 6.07) is 11.1. The zero-order valence-electron chi connectivity index (χ0n) is 21.1. The number of fused-ring (bicyclic) bond motifs is 1. The van der Waals surface area contributed by atoms with E-state index in [9.17, 15) is 26.4 Å². The molecule has 4 aromatic rings. The van der Waals surface area contributed by atoms with E-state index in [1.807, 2.05) is 0 Å². The van der Waals surface area contributed by atoms with Crippen molar-refractivity contribution in [2.24, 2.45) is 0 Å². The van der Waals surface area contributed by atoms with Crippen LogP contribution in [0, 0.1) is 0 Å². The molecular weight excluding hydrogens is 589 g/mol. The highest BCUT2D eigenvalue weighted by Gasteiger charge is 2.37. The molecule has 0 amide bonds. The van der Waals surface area contributed by atoms with Gasteiger partial charge in [-0.1, -0.05) is 22.8 Å². The zero-order valence-corrected chi connectivity index (χ0v) is 22.7. The van der Waals surface area contributed by atoms with Gasteiger partial charge in [-0.15, -0.1) is 0 Å². The second-order valence-electron chi connectivity index (χ2n) is 8.86. The molecule has 0 spiro atoms. The molecule has 0 fully saturated rings. The molecule has 3 heterocycles. The average Bonchev–Trinajstić information content (AvgIpc) is 3.45. The molecule has 0 saturated heterocycles. The fraction of sp³-hybridized carbons (Fsp3) is 0.231. The molecule has 1 atom stereocenters. The van der Waals surface area contributed by atoms with E-state index < -0.39 is 38.7 Å². The summed E-state index contributed by atoms with van der Waals surface area (Å²) in [6.45, 7) is -0.285. The summed E-state index contributed by atoms with van der Waals surface area (Å²) in [7, 11) is -3.31. The molecule has 1 aliphatic heterocycles. The van der Waals surface area contributed by atoms with Crippen LogP contribution in [0.4, 0.5) is 18.9 Å². The number of benzene rings is 2. The first kappa shape index (κ1) is 28.4. The van der Waals surface area contributed by atoms with E-state index in [0.29, 0.717) is 11.6 Å². The van der Waals surface area contributed by atoms with Crippen LogP contribution in [-0.4, -0.2) is 49.3 Å². The molecule has 1 aliphatic rings. The van der Waals surface area contributed by atoms with E-state index in [2.05, 4.69) is 19.9 Å². The lowest BCUT2D eigenvalue weighted by Gasteiger charge is -2.35. The first-order chi connectivity index (χ1) is 19.5. The standard InChI is InChI=1S/C26H20ClF3N4O6S/c1-38-22(35)10-8-17-14-34(41(36,37)18-5-2-4-16(13-18)26(28,29)30)20-12-15(7-9-21(20)39-17)24-32-25(40-33-24)23-19(27)6-3-11-31-23/h2-7,9,11-13,17H,8,10,14H2,1H3/t17-/m0/s1. The van der Waals surface area contributed by atoms with Crippen LogP contribution in [-0.2, 0) is 25.7 Å². The van der Waals surface area contributed by atoms with Gasteiger partial charge in [-0.3, -0.25) is 9.10 Å². The van der Waals surface area contributed by atoms with Crippen LogP contribution in [0.1, 0.15) is 18.4 Å². The summed E-state index contributed by atoms with van der Waals surface area (Å²) in [5, 5.41) is 4.22. The van der Waals surface area contributed by atoms with E-state index in [1.165, 1.54) is 25.4 Å². The Kier molecular flexibility index (Phi) is 7.62. The Bertz CT molecular complexity index is 1710. The normalized spacial score (nSPS) is 15.2. The first-order valence-electron chi connectivity index (χ1n) is 12.0. The van der Waals surface area contributed by atoms with Gasteiger partial charge in [0.2, 0.25) is 5.82 Å². The molecule has 2 aromatic carbocycles. The van der Waals surface area contributed by atoms with Crippen molar-refractivity contribution in [3.05, 3.63) is 71.4 Å². The van der Waals surface area contributed by atoms with Crippen molar-refractivity contribution in [3.8, 4) is 28.7 Å². The fourth-order valence-electron chi connectivity index (χ4n) is 4.15. The molecule has 0 N–H and O–H groups in total. The van der Waals surface area contributed by atoms with Gasteiger partial charge in [0.15, 0.2) is 0 Å². The van der Waals surface area contributed by atoms with E-state index in [4.69, 9.17) is 20.9 Å². The third-order valence-electron chi connectivity index (χ3n) is 6.18. The molecule has 5 rings (SSSR count). The molecule has 0 radical (unpaired) electrons. The number of anilines is 1. The van der Waals surface area contributed by atoms with E-state index >= 15 is 0 Å². The molecule has 0 aliphatic carbocycles. The Morgan fingerprint density at radius 2 is 1.98 bits per heavy atom. The highest BCUT2D eigenvalue weighted by atomic mass is 35.5. The van der Waals surface area contributed by atoms with Crippen molar-refractivity contribution < 1.29 is 40.4 Å². The zero-order chi connectivity index (χ0) is 29.4. The van der Waals surface area contributed by atoms with Gasteiger partial charge in [0.05, 0.1) is 34.8 Å². The number of methoxy groups -OCH3 is 1. The van der Waals surface area contributed by atoms with E-state index in [1.54, 1.807) is 18.2 Å². The smallest absolute Gasteiger partial charge is 0.416 e. The monoisotopic (exact) mass is 608 g/mol. The second-order valence-corrected chi connectivity index (χ2v) is 11.1. The van der Waals surface area contributed by atoms with Crippen LogP contribution < -0.4 is 9.04 Å². The van der Waals surface area contributed by atoms with Crippen LogP contribution in [0.5, 0.6) is 5.75 Å². The van der Waals surface area contributed by atoms with Gasteiger partial charge in [-0.25, -0.2) is 13.4 Å². The summed E-state index contributed by atoms with van der Waals surface area (Å²) in [4.78, 5) is 19.6. The van der Waals surface area contributed by atoms with Gasteiger partial charge in [-0.2, -0.15) is 18.2 Å². The minimum absolute atomic E-state index is 0.0240. The predicted molar refractivity (Wildman–Crippen MR) is 140 cm³/mol. The Morgan fingerprint density at radius 1 is 1.17 bits per heavy atom. The minimum atomic E-state index is -4.75. The van der Waals surface area contributed by atoms with Gasteiger partial charge in [-0.05, 0) is 55.0 Å². The van der Waals surface area contributed by atoms with Gasteiger partial charge in [0.1, 0.15) is 17.5 Å². The molecule has 0 unspecified atom stereocenters. The van der Waals surface area contributed by atoms with Crippen molar-refractivity contribution in [2.75, 3.05) is 18.0 Å². The molecular formula is C26H20ClF3N4O6S. The lowest BCUT2D eigenvalue weighted by Crippen LogP contribution is -2.43. The number of esters is 1. The molecule has 15 heteroatoms. The number of aromatic nitrogens is 3. The number of nitrogens with zero attached hydrogens (tertiary/aromatic N) is 4. The van der Waals surface area contributed by atoms with Crippen LogP contribution >= 0.6 is 11.6 Å². The maximum atomic E-state index is 13.8. The van der Waals surface area contributed by atoms with Crippen molar-refractivity contribution in [2.45, 2.75) is 30.0 Å². The summed E-state index contributed by atoms with van der Waals surface area (Å²) in [5.41, 5.74) is -0.505. The molecule has 41 heavy (non-hydrogen) atoms. The SMILES string of the molecule is COC(=O)CC[C@H]1CN(S(=O)(=O)c2cccc(C(F)(F)F)c2)c2cc(-c3noc(-c4ncccc4Cl)n3)ccc2O1. The lowest BCUT2D eigenvalue weighted by atomic mass is 10.1. The molecule has 0 bridgehead atoms. The number of carbonyl (C=O) groups excluding carboxylic acids is 1. The topological polar surface area (TPSA) is 125 Å².